The van der Waals surface area contributed by atoms with Crippen LogP contribution in [-0.2, 0) is 4.79 Å². The molecule has 0 radical (unpaired) electrons. The van der Waals surface area contributed by atoms with Gasteiger partial charge in [-0.25, -0.2) is 0 Å². The van der Waals surface area contributed by atoms with Crippen LogP contribution in [0, 0.1) is 0 Å². The molecule has 0 aromatic heterocycles. The quantitative estimate of drug-likeness (QED) is 0.650. The van der Waals surface area contributed by atoms with Gasteiger partial charge in [-0.2, -0.15) is 0 Å². The lowest BCUT2D eigenvalue weighted by molar-refractivity contribution is -0.306. The second kappa shape index (κ2) is 7.04. The van der Waals surface area contributed by atoms with E-state index in [2.05, 4.69) is 15.7 Å². The summed E-state index contributed by atoms with van der Waals surface area (Å²) in [5.41, 5.74) is 2.57. The molecule has 2 aromatic carbocycles. The largest absolute Gasteiger partial charge is 0.548 e. The first-order valence-electron chi connectivity index (χ1n) is 6.38. The molecule has 0 aliphatic rings. The van der Waals surface area contributed by atoms with Gasteiger partial charge in [-0.05, 0) is 36.4 Å². The van der Waals surface area contributed by atoms with Crippen LogP contribution in [-0.4, -0.2) is 24.6 Å². The average Bonchev–Trinajstić information content (AvgIpc) is 2.47. The Labute approximate surface area is 122 Å². The Morgan fingerprint density at radius 1 is 1.10 bits per heavy atom. The number of aliphatic carboxylic acids is 1. The highest BCUT2D eigenvalue weighted by Crippen LogP contribution is 2.20. The van der Waals surface area contributed by atoms with Crippen LogP contribution < -0.4 is 10.4 Å². The van der Waals surface area contributed by atoms with E-state index in [9.17, 15) is 9.90 Å². The molecular formula is C15H15N4O2-. The van der Waals surface area contributed by atoms with Crippen molar-refractivity contribution in [2.45, 2.75) is 0 Å². The fourth-order valence-corrected chi connectivity index (χ4v) is 1.65. The number of nitrogens with zero attached hydrogens (tertiary/aromatic N) is 3. The molecule has 0 amide bonds. The van der Waals surface area contributed by atoms with Crippen molar-refractivity contribution in [3.63, 3.8) is 0 Å². The van der Waals surface area contributed by atoms with E-state index >= 15 is 0 Å². The Bertz CT molecular complexity index is 611. The first-order chi connectivity index (χ1) is 10.1. The Hall–Kier alpha value is -2.89. The molecule has 6 heteroatoms. The minimum absolute atomic E-state index is 0.294. The molecule has 21 heavy (non-hydrogen) atoms. The van der Waals surface area contributed by atoms with Gasteiger partial charge < -0.3 is 15.2 Å². The van der Waals surface area contributed by atoms with E-state index in [0.29, 0.717) is 5.69 Å². The summed E-state index contributed by atoms with van der Waals surface area (Å²) in [6, 6.07) is 17.2. The molecule has 2 aromatic rings. The van der Waals surface area contributed by atoms with Crippen LogP contribution in [0.5, 0.6) is 0 Å². The monoisotopic (exact) mass is 283 g/mol. The first kappa shape index (κ1) is 14.5. The number of nitrogens with one attached hydrogen (secondary N) is 1. The number of likely N-dealkylation sites (N-methyl/N-ethyl adjacent to an activating group) is 1. The Kier molecular flexibility index (Phi) is 4.87. The van der Waals surface area contributed by atoms with Crippen molar-refractivity contribution in [3.8, 4) is 0 Å². The zero-order valence-corrected chi connectivity index (χ0v) is 11.6. The lowest BCUT2D eigenvalue weighted by atomic mass is 10.2. The van der Waals surface area contributed by atoms with Gasteiger partial charge in [-0.3, -0.25) is 5.01 Å². The zero-order chi connectivity index (χ0) is 15.1. The third-order valence-electron chi connectivity index (χ3n) is 2.60. The maximum Gasteiger partial charge on any atom is 0.0875 e. The summed E-state index contributed by atoms with van der Waals surface area (Å²) in [6.07, 6.45) is 0. The van der Waals surface area contributed by atoms with Crippen molar-refractivity contribution in [2.24, 2.45) is 10.3 Å². The second-order valence-corrected chi connectivity index (χ2v) is 4.42. The van der Waals surface area contributed by atoms with E-state index in [1.165, 1.54) is 12.1 Å². The number of hydrogen-bond donors (Lipinski definition) is 1. The Morgan fingerprint density at radius 2 is 1.71 bits per heavy atom. The zero-order valence-electron chi connectivity index (χ0n) is 11.6. The van der Waals surface area contributed by atoms with E-state index in [0.717, 1.165) is 11.4 Å². The van der Waals surface area contributed by atoms with Crippen molar-refractivity contribution in [2.75, 3.05) is 18.9 Å². The minimum atomic E-state index is -1.20. The summed E-state index contributed by atoms with van der Waals surface area (Å²) in [6.45, 7) is -0.294. The molecule has 108 valence electrons. The van der Waals surface area contributed by atoms with Gasteiger partial charge in [0.05, 0.1) is 18.2 Å². The van der Waals surface area contributed by atoms with Crippen molar-refractivity contribution in [1.29, 1.82) is 0 Å². The summed E-state index contributed by atoms with van der Waals surface area (Å²) in [4.78, 5) is 10.4. The SMILES string of the molecule is CN(CC(=O)[O-])N=Nc1ccc(Nc2ccccc2)cc1. The number of rotatable bonds is 6. The van der Waals surface area contributed by atoms with E-state index < -0.39 is 5.97 Å². The molecule has 0 saturated carbocycles. The van der Waals surface area contributed by atoms with Gasteiger partial charge in [0.2, 0.25) is 0 Å². The first-order valence-corrected chi connectivity index (χ1v) is 6.38. The molecule has 0 heterocycles. The van der Waals surface area contributed by atoms with E-state index in [4.69, 9.17) is 0 Å². The number of carboxylic acids is 1. The lowest BCUT2D eigenvalue weighted by Crippen LogP contribution is -2.33. The van der Waals surface area contributed by atoms with Crippen molar-refractivity contribution < 1.29 is 9.90 Å². The molecule has 0 aliphatic heterocycles. The Morgan fingerprint density at radius 3 is 2.33 bits per heavy atom. The highest BCUT2D eigenvalue weighted by molar-refractivity contribution is 5.66. The molecule has 2 rings (SSSR count). The molecule has 0 aliphatic carbocycles. The molecule has 0 atom stereocenters. The molecular weight excluding hydrogens is 268 g/mol. The third-order valence-corrected chi connectivity index (χ3v) is 2.60. The maximum atomic E-state index is 10.4. The fraction of sp³-hybridized carbons (Fsp3) is 0.133. The molecule has 0 unspecified atom stereocenters. The van der Waals surface area contributed by atoms with Crippen LogP contribution in [0.2, 0.25) is 0 Å². The summed E-state index contributed by atoms with van der Waals surface area (Å²) in [7, 11) is 1.52. The number of carboxylic acid groups (broad SMARTS) is 1. The van der Waals surface area contributed by atoms with E-state index in [1.807, 2.05) is 42.5 Å². The molecule has 0 fully saturated rings. The van der Waals surface area contributed by atoms with Gasteiger partial charge in [0.15, 0.2) is 0 Å². The summed E-state index contributed by atoms with van der Waals surface area (Å²) >= 11 is 0. The van der Waals surface area contributed by atoms with Gasteiger partial charge in [0, 0.05) is 18.4 Å². The van der Waals surface area contributed by atoms with Gasteiger partial charge >= 0.3 is 0 Å². The van der Waals surface area contributed by atoms with Crippen LogP contribution >= 0.6 is 0 Å². The molecule has 1 N–H and O–H groups in total. The number of carbonyl (C=O) groups is 1. The van der Waals surface area contributed by atoms with Crippen molar-refractivity contribution >= 4 is 23.0 Å². The van der Waals surface area contributed by atoms with E-state index in [1.54, 1.807) is 12.1 Å². The number of benzene rings is 2. The molecule has 6 nitrogen and oxygen atoms in total. The number of hydrogen-bond acceptors (Lipinski definition) is 5. The maximum absolute atomic E-state index is 10.4. The van der Waals surface area contributed by atoms with Crippen molar-refractivity contribution in [3.05, 3.63) is 54.6 Å². The molecule has 0 saturated heterocycles. The standard InChI is InChI=1S/C15H16N4O2/c1-19(11-15(20)21)18-17-14-9-7-13(8-10-14)16-12-5-3-2-4-6-12/h2-10,16H,11H2,1H3,(H,20,21)/p-1. The highest BCUT2D eigenvalue weighted by Gasteiger charge is 1.96. The third kappa shape index (κ3) is 4.94. The summed E-state index contributed by atoms with van der Waals surface area (Å²) < 4.78 is 0. The minimum Gasteiger partial charge on any atom is -0.548 e. The fourth-order valence-electron chi connectivity index (χ4n) is 1.65. The topological polar surface area (TPSA) is 80.1 Å². The summed E-state index contributed by atoms with van der Waals surface area (Å²) in [5, 5.41) is 22.5. The van der Waals surface area contributed by atoms with Crippen molar-refractivity contribution in [1.82, 2.24) is 5.01 Å². The average molecular weight is 283 g/mol. The smallest absolute Gasteiger partial charge is 0.0875 e. The van der Waals surface area contributed by atoms with Crippen LogP contribution in [0.15, 0.2) is 64.9 Å². The normalized spacial score (nSPS) is 10.5. The van der Waals surface area contributed by atoms with Gasteiger partial charge in [0.25, 0.3) is 0 Å². The number of anilines is 2. The summed E-state index contributed by atoms with van der Waals surface area (Å²) in [5.74, 6) is -1.20. The van der Waals surface area contributed by atoms with E-state index in [-0.39, 0.29) is 6.54 Å². The predicted octanol–water partition coefficient (Wildman–Crippen LogP) is 2.11. The molecule has 0 bridgehead atoms. The Balaban J connectivity index is 1.96. The molecule has 0 spiro atoms. The number of para-hydroxylation sites is 1. The highest BCUT2D eigenvalue weighted by atomic mass is 16.4. The van der Waals surface area contributed by atoms with Crippen LogP contribution in [0.25, 0.3) is 0 Å². The van der Waals surface area contributed by atoms with Crippen LogP contribution in [0.4, 0.5) is 17.1 Å². The van der Waals surface area contributed by atoms with Crippen LogP contribution in [0.3, 0.4) is 0 Å². The lowest BCUT2D eigenvalue weighted by Gasteiger charge is -2.11. The van der Waals surface area contributed by atoms with Gasteiger partial charge in [-0.15, -0.1) is 5.11 Å². The predicted molar refractivity (Wildman–Crippen MR) is 78.3 cm³/mol. The number of carbonyl (C=O) groups excluding carboxylic acids is 1. The van der Waals surface area contributed by atoms with Gasteiger partial charge in [-0.1, -0.05) is 23.4 Å². The second-order valence-electron chi connectivity index (χ2n) is 4.42. The van der Waals surface area contributed by atoms with Crippen LogP contribution in [0.1, 0.15) is 0 Å². The van der Waals surface area contributed by atoms with Gasteiger partial charge in [0.1, 0.15) is 0 Å².